The molecule has 2 aromatic carbocycles. The van der Waals surface area contributed by atoms with Gasteiger partial charge in [0.15, 0.2) is 6.54 Å². The predicted octanol–water partition coefficient (Wildman–Crippen LogP) is 0.669. The summed E-state index contributed by atoms with van der Waals surface area (Å²) < 4.78 is 0. The van der Waals surface area contributed by atoms with Crippen LogP contribution >= 0.6 is 0 Å². The SMILES string of the molecule is C[C@@H]([NH2+]CC(=O)NCC(=O)N(C)C)c1cccc2ccccc12. The number of nitrogens with two attached hydrogens (primary N) is 1. The Morgan fingerprint density at radius 2 is 1.83 bits per heavy atom. The van der Waals surface area contributed by atoms with E-state index in [0.717, 1.165) is 0 Å². The van der Waals surface area contributed by atoms with Gasteiger partial charge in [-0.15, -0.1) is 0 Å². The summed E-state index contributed by atoms with van der Waals surface area (Å²) in [4.78, 5) is 24.8. The molecule has 0 bridgehead atoms. The fourth-order valence-electron chi connectivity index (χ4n) is 2.46. The van der Waals surface area contributed by atoms with Gasteiger partial charge in [0.25, 0.3) is 5.91 Å². The van der Waals surface area contributed by atoms with Crippen molar-refractivity contribution in [2.45, 2.75) is 13.0 Å². The van der Waals surface area contributed by atoms with Gasteiger partial charge in [0.2, 0.25) is 5.91 Å². The van der Waals surface area contributed by atoms with Crippen molar-refractivity contribution in [2.75, 3.05) is 27.2 Å². The van der Waals surface area contributed by atoms with Crippen LogP contribution < -0.4 is 10.6 Å². The Labute approximate surface area is 136 Å². The van der Waals surface area contributed by atoms with Crippen molar-refractivity contribution < 1.29 is 14.9 Å². The van der Waals surface area contributed by atoms with Gasteiger partial charge in [0.1, 0.15) is 6.04 Å². The molecule has 1 atom stereocenters. The highest BCUT2D eigenvalue weighted by atomic mass is 16.2. The second kappa shape index (κ2) is 7.74. The molecular weight excluding hydrogens is 290 g/mol. The molecule has 0 saturated heterocycles. The van der Waals surface area contributed by atoms with E-state index in [2.05, 4.69) is 36.5 Å². The largest absolute Gasteiger partial charge is 0.347 e. The second-order valence-corrected chi connectivity index (χ2v) is 5.86. The fraction of sp³-hybridized carbons (Fsp3) is 0.333. The average molecular weight is 314 g/mol. The summed E-state index contributed by atoms with van der Waals surface area (Å²) in [7, 11) is 3.34. The molecule has 0 spiro atoms. The number of fused-ring (bicyclic) bond motifs is 1. The Morgan fingerprint density at radius 1 is 1.13 bits per heavy atom. The monoisotopic (exact) mass is 314 g/mol. The van der Waals surface area contributed by atoms with Gasteiger partial charge < -0.3 is 15.5 Å². The highest BCUT2D eigenvalue weighted by Crippen LogP contribution is 2.21. The fourth-order valence-corrected chi connectivity index (χ4v) is 2.46. The minimum absolute atomic E-state index is 0.0440. The first-order valence-electron chi connectivity index (χ1n) is 7.77. The molecule has 0 aliphatic rings. The number of hydrogen-bond acceptors (Lipinski definition) is 2. The van der Waals surface area contributed by atoms with Crippen LogP contribution in [0.2, 0.25) is 0 Å². The van der Waals surface area contributed by atoms with Crippen LogP contribution in [0.1, 0.15) is 18.5 Å². The molecule has 5 nitrogen and oxygen atoms in total. The molecule has 0 saturated carbocycles. The van der Waals surface area contributed by atoms with Gasteiger partial charge in [0.05, 0.1) is 6.54 Å². The first-order chi connectivity index (χ1) is 11.0. The van der Waals surface area contributed by atoms with Crippen molar-refractivity contribution in [1.82, 2.24) is 10.2 Å². The minimum atomic E-state index is -0.132. The first-order valence-corrected chi connectivity index (χ1v) is 7.77. The normalized spacial score (nSPS) is 12.0. The summed E-state index contributed by atoms with van der Waals surface area (Å²) in [6.45, 7) is 2.42. The molecule has 0 heterocycles. The summed E-state index contributed by atoms with van der Waals surface area (Å²) in [5.74, 6) is -0.243. The zero-order chi connectivity index (χ0) is 16.8. The maximum Gasteiger partial charge on any atom is 0.275 e. The van der Waals surface area contributed by atoms with Crippen molar-refractivity contribution in [2.24, 2.45) is 0 Å². The average Bonchev–Trinajstić information content (AvgIpc) is 2.56. The highest BCUT2D eigenvalue weighted by molar-refractivity contribution is 5.86. The molecule has 0 aliphatic heterocycles. The Bertz CT molecular complexity index is 692. The smallest absolute Gasteiger partial charge is 0.275 e. The third-order valence-electron chi connectivity index (χ3n) is 3.91. The molecule has 3 N–H and O–H groups in total. The van der Waals surface area contributed by atoms with Gasteiger partial charge in [-0.05, 0) is 17.7 Å². The standard InChI is InChI=1S/C18H23N3O2/c1-13(19-11-17(22)20-12-18(23)21(2)3)15-10-6-8-14-7-4-5-9-16(14)15/h4-10,13,19H,11-12H2,1-3H3,(H,20,22)/p+1/t13-/m1/s1. The van der Waals surface area contributed by atoms with Crippen LogP contribution in [0.15, 0.2) is 42.5 Å². The van der Waals surface area contributed by atoms with E-state index in [1.807, 2.05) is 23.5 Å². The topological polar surface area (TPSA) is 66.0 Å². The van der Waals surface area contributed by atoms with Crippen LogP contribution in [0.4, 0.5) is 0 Å². The van der Waals surface area contributed by atoms with Crippen LogP contribution in [-0.2, 0) is 9.59 Å². The van der Waals surface area contributed by atoms with E-state index in [1.165, 1.54) is 21.2 Å². The van der Waals surface area contributed by atoms with Crippen LogP contribution in [-0.4, -0.2) is 43.9 Å². The molecule has 122 valence electrons. The predicted molar refractivity (Wildman–Crippen MR) is 90.9 cm³/mol. The number of rotatable bonds is 6. The van der Waals surface area contributed by atoms with Crippen LogP contribution in [0.3, 0.4) is 0 Å². The van der Waals surface area contributed by atoms with Gasteiger partial charge >= 0.3 is 0 Å². The summed E-state index contributed by atoms with van der Waals surface area (Å²) in [5.41, 5.74) is 1.21. The molecular formula is C18H24N3O2+. The molecule has 2 aromatic rings. The number of likely N-dealkylation sites (N-methyl/N-ethyl adjacent to an activating group) is 1. The number of amides is 2. The molecule has 5 heteroatoms. The van der Waals surface area contributed by atoms with Crippen molar-refractivity contribution in [1.29, 1.82) is 0 Å². The second-order valence-electron chi connectivity index (χ2n) is 5.86. The number of hydrogen-bond donors (Lipinski definition) is 2. The van der Waals surface area contributed by atoms with E-state index >= 15 is 0 Å². The zero-order valence-electron chi connectivity index (χ0n) is 13.9. The minimum Gasteiger partial charge on any atom is -0.347 e. The number of benzene rings is 2. The van der Waals surface area contributed by atoms with Gasteiger partial charge in [-0.25, -0.2) is 0 Å². The van der Waals surface area contributed by atoms with Crippen molar-refractivity contribution in [3.05, 3.63) is 48.0 Å². The summed E-state index contributed by atoms with van der Waals surface area (Å²) in [6, 6.07) is 14.6. The summed E-state index contributed by atoms with van der Waals surface area (Å²) in [6.07, 6.45) is 0. The van der Waals surface area contributed by atoms with E-state index in [-0.39, 0.29) is 24.4 Å². The third-order valence-corrected chi connectivity index (χ3v) is 3.91. The van der Waals surface area contributed by atoms with E-state index in [1.54, 1.807) is 14.1 Å². The number of carbonyl (C=O) groups excluding carboxylic acids is 2. The Balaban J connectivity index is 1.92. The van der Waals surface area contributed by atoms with Crippen molar-refractivity contribution in [3.8, 4) is 0 Å². The van der Waals surface area contributed by atoms with E-state index < -0.39 is 0 Å². The molecule has 23 heavy (non-hydrogen) atoms. The molecule has 2 rings (SSSR count). The zero-order valence-corrected chi connectivity index (χ0v) is 13.9. The quantitative estimate of drug-likeness (QED) is 0.823. The maximum absolute atomic E-state index is 11.9. The van der Waals surface area contributed by atoms with Crippen molar-refractivity contribution >= 4 is 22.6 Å². The van der Waals surface area contributed by atoms with Crippen LogP contribution in [0, 0.1) is 0 Å². The Morgan fingerprint density at radius 3 is 2.57 bits per heavy atom. The lowest BCUT2D eigenvalue weighted by atomic mass is 10.00. The lowest BCUT2D eigenvalue weighted by Gasteiger charge is -2.14. The molecule has 0 unspecified atom stereocenters. The molecule has 0 aromatic heterocycles. The number of nitrogens with zero attached hydrogens (tertiary/aromatic N) is 1. The molecule has 0 aliphatic carbocycles. The first kappa shape index (κ1) is 17.0. The summed E-state index contributed by atoms with van der Waals surface area (Å²) >= 11 is 0. The Kier molecular flexibility index (Phi) is 5.71. The van der Waals surface area contributed by atoms with Gasteiger partial charge in [-0.2, -0.15) is 0 Å². The maximum atomic E-state index is 11.9. The number of nitrogens with one attached hydrogen (secondary N) is 1. The third kappa shape index (κ3) is 4.53. The summed E-state index contributed by atoms with van der Waals surface area (Å²) in [5, 5.41) is 7.04. The molecule has 0 radical (unpaired) electrons. The van der Waals surface area contributed by atoms with E-state index in [0.29, 0.717) is 6.54 Å². The number of carbonyl (C=O) groups is 2. The Hall–Kier alpha value is -2.40. The van der Waals surface area contributed by atoms with Gasteiger partial charge in [-0.3, -0.25) is 9.59 Å². The van der Waals surface area contributed by atoms with E-state index in [4.69, 9.17) is 0 Å². The van der Waals surface area contributed by atoms with E-state index in [9.17, 15) is 9.59 Å². The molecule has 2 amide bonds. The van der Waals surface area contributed by atoms with Crippen LogP contribution in [0.25, 0.3) is 10.8 Å². The molecule has 0 fully saturated rings. The lowest BCUT2D eigenvalue weighted by molar-refractivity contribution is -0.682. The highest BCUT2D eigenvalue weighted by Gasteiger charge is 2.14. The van der Waals surface area contributed by atoms with Crippen molar-refractivity contribution in [3.63, 3.8) is 0 Å². The van der Waals surface area contributed by atoms with Gasteiger partial charge in [-0.1, -0.05) is 42.5 Å². The van der Waals surface area contributed by atoms with Gasteiger partial charge in [0, 0.05) is 19.7 Å². The number of quaternary nitrogens is 1. The lowest BCUT2D eigenvalue weighted by Crippen LogP contribution is -2.87. The van der Waals surface area contributed by atoms with Crippen LogP contribution in [0.5, 0.6) is 0 Å².